The molecule has 3 aliphatic heterocycles. The molecule has 29 heavy (non-hydrogen) atoms. The van der Waals surface area contributed by atoms with Crippen LogP contribution in [0.2, 0.25) is 0 Å². The van der Waals surface area contributed by atoms with Gasteiger partial charge >= 0.3 is 5.97 Å². The van der Waals surface area contributed by atoms with Crippen molar-refractivity contribution in [2.24, 2.45) is 11.3 Å². The van der Waals surface area contributed by atoms with Crippen molar-refractivity contribution in [1.82, 2.24) is 4.90 Å². The van der Waals surface area contributed by atoms with Gasteiger partial charge in [0.2, 0.25) is 0 Å². The minimum Gasteiger partial charge on any atom is -0.481 e. The van der Waals surface area contributed by atoms with E-state index < -0.39 is 5.97 Å². The molecule has 0 amide bonds. The van der Waals surface area contributed by atoms with E-state index >= 15 is 0 Å². The smallest absolute Gasteiger partial charge is 0.308 e. The third-order valence-electron chi connectivity index (χ3n) is 8.98. The summed E-state index contributed by atoms with van der Waals surface area (Å²) >= 11 is 0. The van der Waals surface area contributed by atoms with E-state index in [4.69, 9.17) is 0 Å². The fraction of sp³-hybridized carbons (Fsp3) is 0.720. The summed E-state index contributed by atoms with van der Waals surface area (Å²) in [5, 5.41) is 10.4. The Morgan fingerprint density at radius 1 is 1.17 bits per heavy atom. The number of unbranched alkanes of at least 4 members (excludes halogenated alkanes) is 2. The second-order valence-corrected chi connectivity index (χ2v) is 10.1. The molecule has 1 saturated carbocycles. The van der Waals surface area contributed by atoms with Crippen LogP contribution < -0.4 is 4.90 Å². The molecular formula is C25H36N2O2. The molecule has 1 N–H and O–H groups in total. The second-order valence-electron chi connectivity index (χ2n) is 10.1. The molecule has 2 saturated heterocycles. The minimum atomic E-state index is -0.571. The van der Waals surface area contributed by atoms with Crippen LogP contribution in [0.25, 0.3) is 0 Å². The molecule has 0 radical (unpaired) electrons. The topological polar surface area (TPSA) is 43.8 Å². The van der Waals surface area contributed by atoms with E-state index in [9.17, 15) is 9.90 Å². The largest absolute Gasteiger partial charge is 0.481 e. The van der Waals surface area contributed by atoms with Gasteiger partial charge in [-0.1, -0.05) is 44.9 Å². The van der Waals surface area contributed by atoms with Crippen LogP contribution in [-0.4, -0.2) is 47.7 Å². The molecule has 0 bridgehead atoms. The quantitative estimate of drug-likeness (QED) is 0.710. The number of carboxylic acids is 1. The zero-order chi connectivity index (χ0) is 20.2. The van der Waals surface area contributed by atoms with Crippen molar-refractivity contribution in [1.29, 1.82) is 0 Å². The van der Waals surface area contributed by atoms with E-state index in [1.54, 1.807) is 0 Å². The fourth-order valence-corrected chi connectivity index (χ4v) is 8.03. The van der Waals surface area contributed by atoms with Gasteiger partial charge in [0.1, 0.15) is 0 Å². The minimum absolute atomic E-state index is 0.0133. The fourth-order valence-electron chi connectivity index (χ4n) is 8.03. The Bertz CT molecular complexity index is 795. The third kappa shape index (κ3) is 2.50. The molecule has 1 aromatic rings. The van der Waals surface area contributed by atoms with Crippen molar-refractivity contribution in [3.63, 3.8) is 0 Å². The Morgan fingerprint density at radius 2 is 2.00 bits per heavy atom. The average molecular weight is 397 g/mol. The Kier molecular flexibility index (Phi) is 4.69. The van der Waals surface area contributed by atoms with Crippen molar-refractivity contribution < 1.29 is 9.90 Å². The number of rotatable bonds is 6. The molecule has 4 heteroatoms. The van der Waals surface area contributed by atoms with Gasteiger partial charge in [0.15, 0.2) is 0 Å². The predicted octanol–water partition coefficient (Wildman–Crippen LogP) is 4.67. The van der Waals surface area contributed by atoms with Crippen LogP contribution in [0.4, 0.5) is 5.69 Å². The zero-order valence-electron chi connectivity index (χ0n) is 18.1. The van der Waals surface area contributed by atoms with Gasteiger partial charge in [-0.25, -0.2) is 0 Å². The number of carboxylic acid groups (broad SMARTS) is 1. The van der Waals surface area contributed by atoms with Crippen LogP contribution in [-0.2, 0) is 10.2 Å². The lowest BCUT2D eigenvalue weighted by atomic mass is 9.49. The van der Waals surface area contributed by atoms with Gasteiger partial charge in [0, 0.05) is 23.7 Å². The third-order valence-corrected chi connectivity index (χ3v) is 8.98. The number of para-hydroxylation sites is 1. The highest BCUT2D eigenvalue weighted by Gasteiger charge is 2.71. The van der Waals surface area contributed by atoms with E-state index in [1.807, 2.05) is 0 Å². The summed E-state index contributed by atoms with van der Waals surface area (Å²) in [4.78, 5) is 18.0. The molecule has 4 nitrogen and oxygen atoms in total. The van der Waals surface area contributed by atoms with Crippen LogP contribution in [0.5, 0.6) is 0 Å². The molecule has 158 valence electrons. The SMILES string of the molecule is CCCCCN1c2ccccc2[C@]23CCN4CCC[C@@](CC)(C[C@H](C(=O)O)[C@H]12)[C@H]43. The van der Waals surface area contributed by atoms with E-state index in [0.29, 0.717) is 6.04 Å². The number of nitrogens with zero attached hydrogens (tertiary/aromatic N) is 2. The van der Waals surface area contributed by atoms with Gasteiger partial charge < -0.3 is 10.0 Å². The first kappa shape index (κ1) is 19.4. The van der Waals surface area contributed by atoms with Gasteiger partial charge in [-0.2, -0.15) is 0 Å². The molecule has 5 rings (SSSR count). The molecule has 5 atom stereocenters. The zero-order valence-corrected chi connectivity index (χ0v) is 18.1. The molecule has 1 aliphatic carbocycles. The standard InChI is InChI=1S/C25H36N2O2/c1-3-5-8-15-27-20-11-7-6-10-19(20)25-13-16-26-14-9-12-24(4-2,23(25)26)17-18(21(25)27)22(28)29/h6-7,10-11,18,21,23H,3-5,8-9,12-17H2,1-2H3,(H,28,29)/t18-,21-,23-,24-,25+/m0/s1. The van der Waals surface area contributed by atoms with Gasteiger partial charge in [0.05, 0.1) is 12.0 Å². The summed E-state index contributed by atoms with van der Waals surface area (Å²) in [6.45, 7) is 7.87. The highest BCUT2D eigenvalue weighted by molar-refractivity contribution is 5.77. The number of aliphatic carboxylic acids is 1. The number of hydrogen-bond donors (Lipinski definition) is 1. The van der Waals surface area contributed by atoms with E-state index in [2.05, 4.69) is 47.9 Å². The van der Waals surface area contributed by atoms with Crippen LogP contribution in [0, 0.1) is 11.3 Å². The molecule has 0 unspecified atom stereocenters. The van der Waals surface area contributed by atoms with Gasteiger partial charge in [-0.05, 0) is 68.7 Å². The summed E-state index contributed by atoms with van der Waals surface area (Å²) in [6, 6.07) is 9.56. The molecule has 1 aromatic carbocycles. The van der Waals surface area contributed by atoms with Crippen molar-refractivity contribution in [2.75, 3.05) is 24.5 Å². The van der Waals surface area contributed by atoms with Crippen LogP contribution in [0.3, 0.4) is 0 Å². The monoisotopic (exact) mass is 396 g/mol. The van der Waals surface area contributed by atoms with E-state index in [-0.39, 0.29) is 22.8 Å². The van der Waals surface area contributed by atoms with Crippen LogP contribution in [0.15, 0.2) is 24.3 Å². The van der Waals surface area contributed by atoms with Crippen LogP contribution in [0.1, 0.15) is 70.8 Å². The van der Waals surface area contributed by atoms with E-state index in [0.717, 1.165) is 38.8 Å². The van der Waals surface area contributed by atoms with Crippen molar-refractivity contribution in [2.45, 2.75) is 82.7 Å². The van der Waals surface area contributed by atoms with Gasteiger partial charge in [-0.15, -0.1) is 0 Å². The Labute approximate surface area is 175 Å². The van der Waals surface area contributed by atoms with Crippen molar-refractivity contribution in [3.05, 3.63) is 29.8 Å². The number of anilines is 1. The van der Waals surface area contributed by atoms with Crippen molar-refractivity contribution >= 4 is 11.7 Å². The molecular weight excluding hydrogens is 360 g/mol. The first-order chi connectivity index (χ1) is 14.1. The molecule has 0 aromatic heterocycles. The number of benzene rings is 1. The number of hydrogen-bond acceptors (Lipinski definition) is 3. The average Bonchev–Trinajstić information content (AvgIpc) is 3.26. The van der Waals surface area contributed by atoms with Gasteiger partial charge in [0.25, 0.3) is 0 Å². The Morgan fingerprint density at radius 3 is 2.76 bits per heavy atom. The number of carbonyl (C=O) groups is 1. The summed E-state index contributed by atoms with van der Waals surface area (Å²) in [5.74, 6) is -0.837. The summed E-state index contributed by atoms with van der Waals surface area (Å²) in [6.07, 6.45) is 9.05. The summed E-state index contributed by atoms with van der Waals surface area (Å²) in [5.41, 5.74) is 2.93. The summed E-state index contributed by atoms with van der Waals surface area (Å²) < 4.78 is 0. The maximum absolute atomic E-state index is 12.7. The lowest BCUT2D eigenvalue weighted by molar-refractivity contribution is -0.151. The molecule has 3 heterocycles. The molecule has 4 aliphatic rings. The van der Waals surface area contributed by atoms with Gasteiger partial charge in [-0.3, -0.25) is 9.69 Å². The van der Waals surface area contributed by atoms with Crippen molar-refractivity contribution in [3.8, 4) is 0 Å². The Balaban J connectivity index is 1.69. The number of fused-ring (bicyclic) bond motifs is 1. The molecule has 3 fully saturated rings. The maximum Gasteiger partial charge on any atom is 0.308 e. The summed E-state index contributed by atoms with van der Waals surface area (Å²) in [7, 11) is 0. The highest BCUT2D eigenvalue weighted by Crippen LogP contribution is 2.66. The first-order valence-corrected chi connectivity index (χ1v) is 11.9. The number of piperidine rings is 1. The molecule has 1 spiro atoms. The first-order valence-electron chi connectivity index (χ1n) is 11.9. The Hall–Kier alpha value is -1.55. The normalized spacial score (nSPS) is 37.9. The highest BCUT2D eigenvalue weighted by atomic mass is 16.4. The van der Waals surface area contributed by atoms with E-state index in [1.165, 1.54) is 43.5 Å². The van der Waals surface area contributed by atoms with Crippen LogP contribution >= 0.6 is 0 Å². The lowest BCUT2D eigenvalue weighted by Gasteiger charge is -2.60. The lowest BCUT2D eigenvalue weighted by Crippen LogP contribution is -2.68. The predicted molar refractivity (Wildman–Crippen MR) is 116 cm³/mol. The second kappa shape index (κ2) is 7.01. The maximum atomic E-state index is 12.7.